The fourth-order valence-corrected chi connectivity index (χ4v) is 8.74. The second-order valence-corrected chi connectivity index (χ2v) is 12.0. The summed E-state index contributed by atoms with van der Waals surface area (Å²) in [5.41, 5.74) is 4.21. The molecule has 1 rings (SSSR count). The Hall–Kier alpha value is -1.02. The molecule has 0 unspecified atom stereocenters. The van der Waals surface area contributed by atoms with E-state index in [1.807, 2.05) is 6.08 Å². The number of hydrogen-bond acceptors (Lipinski definition) is 1. The van der Waals surface area contributed by atoms with Gasteiger partial charge in [0.05, 0.1) is 0 Å². The van der Waals surface area contributed by atoms with Gasteiger partial charge >= 0.3 is 0 Å². The van der Waals surface area contributed by atoms with Gasteiger partial charge in [0.1, 0.15) is 5.75 Å². The summed E-state index contributed by atoms with van der Waals surface area (Å²) >= 11 is 0. The number of hydrogen-bond donors (Lipinski definition) is 0. The molecule has 2 heteroatoms. The fraction of sp³-hybridized carbons (Fsp3) is 0.556. The van der Waals surface area contributed by atoms with E-state index >= 15 is 0 Å². The molecule has 112 valence electrons. The van der Waals surface area contributed by atoms with Crippen molar-refractivity contribution in [2.75, 3.05) is 0 Å². The molecule has 0 fully saturated rings. The lowest BCUT2D eigenvalue weighted by Crippen LogP contribution is -2.50. The average molecular weight is 291 g/mol. The minimum atomic E-state index is -1.84. The van der Waals surface area contributed by atoms with Gasteiger partial charge in [-0.05, 0) is 46.8 Å². The minimum Gasteiger partial charge on any atom is -0.543 e. The van der Waals surface area contributed by atoms with Crippen LogP contribution in [0, 0.1) is 6.92 Å². The molecule has 0 saturated heterocycles. The first kappa shape index (κ1) is 17.0. The Kier molecular flexibility index (Phi) is 5.64. The molecule has 0 saturated carbocycles. The first-order valence-electron chi connectivity index (χ1n) is 7.67. The zero-order valence-electron chi connectivity index (χ0n) is 14.2. The highest BCUT2D eigenvalue weighted by atomic mass is 28.4. The fourth-order valence-electron chi connectivity index (χ4n) is 3.50. The third kappa shape index (κ3) is 3.17. The molecular formula is C18H30OSi. The predicted molar refractivity (Wildman–Crippen MR) is 92.9 cm³/mol. The molecule has 0 aromatic heterocycles. The Balaban J connectivity index is 3.19. The maximum atomic E-state index is 6.67. The van der Waals surface area contributed by atoms with Crippen molar-refractivity contribution in [2.24, 2.45) is 0 Å². The van der Waals surface area contributed by atoms with Crippen LogP contribution in [0.25, 0.3) is 6.08 Å². The molecule has 0 aliphatic carbocycles. The predicted octanol–water partition coefficient (Wildman–Crippen LogP) is 6.19. The van der Waals surface area contributed by atoms with Gasteiger partial charge in [-0.1, -0.05) is 60.3 Å². The quantitative estimate of drug-likeness (QED) is 0.567. The average Bonchev–Trinajstić information content (AvgIpc) is 2.34. The van der Waals surface area contributed by atoms with Crippen LogP contribution in [0.4, 0.5) is 0 Å². The maximum Gasteiger partial charge on any atom is 0.258 e. The summed E-state index contributed by atoms with van der Waals surface area (Å²) in [5.74, 6) is 1.02. The normalized spacial score (nSPS) is 12.3. The van der Waals surface area contributed by atoms with Gasteiger partial charge in [0.2, 0.25) is 0 Å². The molecule has 0 aliphatic rings. The molecule has 0 radical (unpaired) electrons. The Morgan fingerprint density at radius 3 is 1.85 bits per heavy atom. The van der Waals surface area contributed by atoms with Crippen molar-refractivity contribution in [3.05, 3.63) is 35.9 Å². The summed E-state index contributed by atoms with van der Waals surface area (Å²) in [6.45, 7) is 19.9. The topological polar surface area (TPSA) is 9.23 Å². The van der Waals surface area contributed by atoms with Crippen LogP contribution in [0.15, 0.2) is 24.8 Å². The molecule has 0 N–H and O–H groups in total. The molecule has 1 aromatic carbocycles. The lowest BCUT2D eigenvalue weighted by Gasteiger charge is -2.42. The smallest absolute Gasteiger partial charge is 0.258 e. The first-order chi connectivity index (χ1) is 9.25. The zero-order chi connectivity index (χ0) is 15.5. The van der Waals surface area contributed by atoms with Gasteiger partial charge in [0.15, 0.2) is 0 Å². The van der Waals surface area contributed by atoms with Crippen LogP contribution in [0.2, 0.25) is 16.6 Å². The summed E-state index contributed by atoms with van der Waals surface area (Å²) in [4.78, 5) is 0. The third-order valence-electron chi connectivity index (χ3n) is 4.46. The molecule has 0 spiro atoms. The zero-order valence-corrected chi connectivity index (χ0v) is 15.2. The summed E-state index contributed by atoms with van der Waals surface area (Å²) < 4.78 is 6.67. The van der Waals surface area contributed by atoms with Gasteiger partial charge in [-0.25, -0.2) is 0 Å². The van der Waals surface area contributed by atoms with Gasteiger partial charge in [-0.3, -0.25) is 0 Å². The molecule has 0 atom stereocenters. The summed E-state index contributed by atoms with van der Waals surface area (Å²) in [7, 11) is -1.84. The van der Waals surface area contributed by atoms with Gasteiger partial charge in [-0.2, -0.15) is 0 Å². The van der Waals surface area contributed by atoms with Crippen LogP contribution in [0.5, 0.6) is 5.75 Å². The first-order valence-corrected chi connectivity index (χ1v) is 9.81. The van der Waals surface area contributed by atoms with E-state index in [2.05, 4.69) is 73.2 Å². The van der Waals surface area contributed by atoms with Crippen LogP contribution in [-0.4, -0.2) is 8.32 Å². The van der Waals surface area contributed by atoms with E-state index in [9.17, 15) is 0 Å². The standard InChI is InChI=1S/C18H30OSi/c1-9-17-10-11-18(12-16(17)8)19-20(13(2)3,14(4)5)15(6)7/h9-15H,1H2,2-8H3. The maximum absolute atomic E-state index is 6.67. The summed E-state index contributed by atoms with van der Waals surface area (Å²) in [6.07, 6.45) is 1.90. The van der Waals surface area contributed by atoms with E-state index in [1.54, 1.807) is 0 Å². The molecule has 0 amide bonds. The van der Waals surface area contributed by atoms with Crippen LogP contribution in [-0.2, 0) is 0 Å². The highest BCUT2D eigenvalue weighted by Gasteiger charge is 2.46. The van der Waals surface area contributed by atoms with Crippen molar-refractivity contribution in [3.8, 4) is 5.75 Å². The van der Waals surface area contributed by atoms with E-state index in [4.69, 9.17) is 4.43 Å². The van der Waals surface area contributed by atoms with E-state index in [0.29, 0.717) is 16.6 Å². The van der Waals surface area contributed by atoms with Crippen molar-refractivity contribution >= 4 is 14.4 Å². The molecular weight excluding hydrogens is 260 g/mol. The Morgan fingerprint density at radius 1 is 1.00 bits per heavy atom. The van der Waals surface area contributed by atoms with Gasteiger partial charge in [0.25, 0.3) is 8.32 Å². The lowest BCUT2D eigenvalue weighted by atomic mass is 10.1. The van der Waals surface area contributed by atoms with Crippen LogP contribution < -0.4 is 4.43 Å². The Morgan fingerprint density at radius 2 is 1.50 bits per heavy atom. The van der Waals surface area contributed by atoms with Crippen molar-refractivity contribution in [1.82, 2.24) is 0 Å². The monoisotopic (exact) mass is 290 g/mol. The van der Waals surface area contributed by atoms with Crippen molar-refractivity contribution in [1.29, 1.82) is 0 Å². The number of rotatable bonds is 6. The number of aryl methyl sites for hydroxylation is 1. The number of benzene rings is 1. The Labute approximate surface area is 126 Å². The van der Waals surface area contributed by atoms with E-state index < -0.39 is 8.32 Å². The highest BCUT2D eigenvalue weighted by molar-refractivity contribution is 6.78. The van der Waals surface area contributed by atoms with Crippen LogP contribution in [0.1, 0.15) is 52.7 Å². The second-order valence-electron chi connectivity index (χ2n) is 6.64. The molecule has 1 nitrogen and oxygen atoms in total. The summed E-state index contributed by atoms with van der Waals surface area (Å²) in [6, 6.07) is 6.36. The third-order valence-corrected chi connectivity index (χ3v) is 10.5. The SMILES string of the molecule is C=Cc1ccc(O[Si](C(C)C)(C(C)C)C(C)C)cc1C. The van der Waals surface area contributed by atoms with E-state index in [1.165, 1.54) is 11.1 Å². The minimum absolute atomic E-state index is 0.599. The molecule has 0 bridgehead atoms. The van der Waals surface area contributed by atoms with Gasteiger partial charge in [-0.15, -0.1) is 0 Å². The van der Waals surface area contributed by atoms with Gasteiger partial charge in [0, 0.05) is 0 Å². The molecule has 1 aromatic rings. The molecule has 0 aliphatic heterocycles. The highest BCUT2D eigenvalue weighted by Crippen LogP contribution is 2.42. The molecule has 20 heavy (non-hydrogen) atoms. The molecule has 0 heterocycles. The second kappa shape index (κ2) is 6.62. The van der Waals surface area contributed by atoms with E-state index in [-0.39, 0.29) is 0 Å². The van der Waals surface area contributed by atoms with Crippen LogP contribution >= 0.6 is 0 Å². The Bertz CT molecular complexity index is 439. The van der Waals surface area contributed by atoms with Crippen molar-refractivity contribution < 1.29 is 4.43 Å². The lowest BCUT2D eigenvalue weighted by molar-refractivity contribution is 0.479. The largest absolute Gasteiger partial charge is 0.543 e. The van der Waals surface area contributed by atoms with Crippen LogP contribution in [0.3, 0.4) is 0 Å². The van der Waals surface area contributed by atoms with Crippen molar-refractivity contribution in [3.63, 3.8) is 0 Å². The summed E-state index contributed by atoms with van der Waals surface area (Å²) in [5, 5.41) is 0. The van der Waals surface area contributed by atoms with Crippen molar-refractivity contribution in [2.45, 2.75) is 65.1 Å². The van der Waals surface area contributed by atoms with E-state index in [0.717, 1.165) is 5.75 Å². The van der Waals surface area contributed by atoms with Gasteiger partial charge < -0.3 is 4.43 Å².